The molecule has 2 aromatic rings. The van der Waals surface area contributed by atoms with Crippen molar-refractivity contribution in [2.24, 2.45) is 0 Å². The summed E-state index contributed by atoms with van der Waals surface area (Å²) in [5.41, 5.74) is -0.408. The third kappa shape index (κ3) is 4.02. The number of rotatable bonds is 5. The number of anilines is 3. The van der Waals surface area contributed by atoms with Gasteiger partial charge >= 0.3 is 6.18 Å². The Morgan fingerprint density at radius 3 is 2.61 bits per heavy atom. The van der Waals surface area contributed by atoms with Crippen molar-refractivity contribution in [1.29, 1.82) is 0 Å². The topological polar surface area (TPSA) is 59.1 Å². The molecule has 0 atom stereocenters. The zero-order valence-electron chi connectivity index (χ0n) is 12.3. The lowest BCUT2D eigenvalue weighted by Gasteiger charge is -2.13. The van der Waals surface area contributed by atoms with E-state index in [9.17, 15) is 13.2 Å². The Bertz CT molecular complexity index is 701. The largest absolute Gasteiger partial charge is 0.497 e. The summed E-state index contributed by atoms with van der Waals surface area (Å²) in [5.74, 6) is 0.646. The summed E-state index contributed by atoms with van der Waals surface area (Å²) in [7, 11) is 1.52. The van der Waals surface area contributed by atoms with Crippen LogP contribution in [0.15, 0.2) is 30.3 Å². The third-order valence-electron chi connectivity index (χ3n) is 3.27. The van der Waals surface area contributed by atoms with Crippen molar-refractivity contribution in [2.75, 3.05) is 17.7 Å². The number of halogens is 3. The van der Waals surface area contributed by atoms with E-state index in [0.29, 0.717) is 11.4 Å². The summed E-state index contributed by atoms with van der Waals surface area (Å²) in [4.78, 5) is 7.65. The zero-order chi connectivity index (χ0) is 16.4. The van der Waals surface area contributed by atoms with Crippen molar-refractivity contribution in [1.82, 2.24) is 9.97 Å². The van der Waals surface area contributed by atoms with Gasteiger partial charge in [0, 0.05) is 23.9 Å². The van der Waals surface area contributed by atoms with Gasteiger partial charge in [-0.1, -0.05) is 6.07 Å². The summed E-state index contributed by atoms with van der Waals surface area (Å²) >= 11 is 0. The number of ether oxygens (including phenoxy) is 1. The Morgan fingerprint density at radius 2 is 1.96 bits per heavy atom. The molecule has 122 valence electrons. The van der Waals surface area contributed by atoms with Crippen LogP contribution in [0, 0.1) is 0 Å². The quantitative estimate of drug-likeness (QED) is 0.875. The average Bonchev–Trinajstić information content (AvgIpc) is 3.30. The molecule has 3 rings (SSSR count). The van der Waals surface area contributed by atoms with Crippen molar-refractivity contribution in [2.45, 2.75) is 25.1 Å². The minimum absolute atomic E-state index is 0.0206. The van der Waals surface area contributed by atoms with Crippen LogP contribution in [-0.4, -0.2) is 23.1 Å². The van der Waals surface area contributed by atoms with Gasteiger partial charge in [-0.2, -0.15) is 18.2 Å². The minimum atomic E-state index is -4.53. The molecule has 0 saturated heterocycles. The molecule has 0 aliphatic heterocycles. The standard InChI is InChI=1S/C15H15F3N4O/c1-23-11-4-2-3-10(7-11)19-13-8-12(15(16,17)18)21-14(22-13)20-9-5-6-9/h2-4,7-9H,5-6H2,1H3,(H2,19,20,21,22). The van der Waals surface area contributed by atoms with Gasteiger partial charge < -0.3 is 15.4 Å². The molecule has 23 heavy (non-hydrogen) atoms. The lowest BCUT2D eigenvalue weighted by molar-refractivity contribution is -0.141. The van der Waals surface area contributed by atoms with Crippen molar-refractivity contribution in [3.8, 4) is 5.75 Å². The molecule has 1 fully saturated rings. The van der Waals surface area contributed by atoms with Gasteiger partial charge in [-0.15, -0.1) is 0 Å². The molecule has 5 nitrogen and oxygen atoms in total. The molecule has 1 aromatic heterocycles. The van der Waals surface area contributed by atoms with E-state index in [1.165, 1.54) is 7.11 Å². The number of hydrogen-bond donors (Lipinski definition) is 2. The van der Waals surface area contributed by atoms with Crippen LogP contribution < -0.4 is 15.4 Å². The van der Waals surface area contributed by atoms with Crippen molar-refractivity contribution >= 4 is 17.5 Å². The second kappa shape index (κ2) is 5.94. The minimum Gasteiger partial charge on any atom is -0.497 e. The summed E-state index contributed by atoms with van der Waals surface area (Å²) < 4.78 is 44.1. The number of nitrogens with zero attached hydrogens (tertiary/aromatic N) is 2. The molecular weight excluding hydrogens is 309 g/mol. The molecule has 8 heteroatoms. The van der Waals surface area contributed by atoms with Crippen LogP contribution in [0.3, 0.4) is 0 Å². The van der Waals surface area contributed by atoms with Crippen LogP contribution in [0.25, 0.3) is 0 Å². The van der Waals surface area contributed by atoms with Crippen molar-refractivity contribution in [3.05, 3.63) is 36.0 Å². The second-order valence-corrected chi connectivity index (χ2v) is 5.24. The highest BCUT2D eigenvalue weighted by Gasteiger charge is 2.34. The van der Waals surface area contributed by atoms with E-state index in [2.05, 4.69) is 20.6 Å². The molecule has 1 aliphatic carbocycles. The van der Waals surface area contributed by atoms with E-state index >= 15 is 0 Å². The van der Waals surface area contributed by atoms with Gasteiger partial charge in [-0.3, -0.25) is 0 Å². The van der Waals surface area contributed by atoms with E-state index in [0.717, 1.165) is 18.9 Å². The van der Waals surface area contributed by atoms with E-state index in [1.807, 2.05) is 0 Å². The van der Waals surface area contributed by atoms with Gasteiger partial charge in [-0.25, -0.2) is 4.98 Å². The second-order valence-electron chi connectivity index (χ2n) is 5.24. The summed E-state index contributed by atoms with van der Waals surface area (Å²) in [5, 5.41) is 5.74. The Labute approximate surface area is 130 Å². The van der Waals surface area contributed by atoms with Crippen molar-refractivity contribution in [3.63, 3.8) is 0 Å². The molecule has 0 bridgehead atoms. The molecule has 2 N–H and O–H groups in total. The van der Waals surface area contributed by atoms with Gasteiger partial charge in [-0.05, 0) is 25.0 Å². The smallest absolute Gasteiger partial charge is 0.433 e. The van der Waals surface area contributed by atoms with Crippen LogP contribution in [0.4, 0.5) is 30.6 Å². The molecular formula is C15H15F3N4O. The predicted molar refractivity (Wildman–Crippen MR) is 80.0 cm³/mol. The normalized spacial score (nSPS) is 14.4. The fourth-order valence-corrected chi connectivity index (χ4v) is 1.98. The Balaban J connectivity index is 1.89. The monoisotopic (exact) mass is 324 g/mol. The summed E-state index contributed by atoms with van der Waals surface area (Å²) in [6.07, 6.45) is -2.70. The van der Waals surface area contributed by atoms with Gasteiger partial charge in [0.1, 0.15) is 11.6 Å². The van der Waals surface area contributed by atoms with Gasteiger partial charge in [0.05, 0.1) is 7.11 Å². The van der Waals surface area contributed by atoms with Crippen LogP contribution in [-0.2, 0) is 6.18 Å². The zero-order valence-corrected chi connectivity index (χ0v) is 12.3. The Kier molecular flexibility index (Phi) is 3.97. The van der Waals surface area contributed by atoms with E-state index in [1.54, 1.807) is 24.3 Å². The SMILES string of the molecule is COc1cccc(Nc2cc(C(F)(F)F)nc(NC3CC3)n2)c1. The molecule has 0 amide bonds. The van der Waals surface area contributed by atoms with E-state index in [4.69, 9.17) is 4.74 Å². The number of methoxy groups -OCH3 is 1. The maximum absolute atomic E-state index is 13.0. The fraction of sp³-hybridized carbons (Fsp3) is 0.333. The molecule has 1 aliphatic rings. The first kappa shape index (κ1) is 15.4. The maximum Gasteiger partial charge on any atom is 0.433 e. The van der Waals surface area contributed by atoms with Gasteiger partial charge in [0.2, 0.25) is 5.95 Å². The molecule has 0 unspecified atom stereocenters. The first-order valence-electron chi connectivity index (χ1n) is 7.08. The predicted octanol–water partition coefficient (Wildman–Crippen LogP) is 3.82. The average molecular weight is 324 g/mol. The molecule has 1 aromatic carbocycles. The number of alkyl halides is 3. The van der Waals surface area contributed by atoms with Crippen LogP contribution in [0.1, 0.15) is 18.5 Å². The number of aromatic nitrogens is 2. The number of hydrogen-bond acceptors (Lipinski definition) is 5. The first-order chi connectivity index (χ1) is 10.9. The van der Waals surface area contributed by atoms with Gasteiger partial charge in [0.25, 0.3) is 0 Å². The molecule has 0 radical (unpaired) electrons. The van der Waals surface area contributed by atoms with Crippen LogP contribution >= 0.6 is 0 Å². The molecule has 1 heterocycles. The van der Waals surface area contributed by atoms with Crippen LogP contribution in [0.2, 0.25) is 0 Å². The van der Waals surface area contributed by atoms with Crippen molar-refractivity contribution < 1.29 is 17.9 Å². The summed E-state index contributed by atoms with van der Waals surface area (Å²) in [6, 6.07) is 7.90. The maximum atomic E-state index is 13.0. The highest BCUT2D eigenvalue weighted by atomic mass is 19.4. The molecule has 1 saturated carbocycles. The Hall–Kier alpha value is -2.51. The first-order valence-corrected chi connectivity index (χ1v) is 7.08. The number of nitrogens with one attached hydrogen (secondary N) is 2. The lowest BCUT2D eigenvalue weighted by atomic mass is 10.3. The highest BCUT2D eigenvalue weighted by Crippen LogP contribution is 2.32. The van der Waals surface area contributed by atoms with E-state index in [-0.39, 0.29) is 17.8 Å². The number of benzene rings is 1. The van der Waals surface area contributed by atoms with Gasteiger partial charge in [0.15, 0.2) is 5.69 Å². The van der Waals surface area contributed by atoms with Crippen LogP contribution in [0.5, 0.6) is 5.75 Å². The third-order valence-corrected chi connectivity index (χ3v) is 3.27. The summed E-state index contributed by atoms with van der Waals surface area (Å²) in [6.45, 7) is 0. The Morgan fingerprint density at radius 1 is 1.17 bits per heavy atom. The fourth-order valence-electron chi connectivity index (χ4n) is 1.98. The highest BCUT2D eigenvalue weighted by molar-refractivity contribution is 5.59. The van der Waals surface area contributed by atoms with E-state index < -0.39 is 11.9 Å². The lowest BCUT2D eigenvalue weighted by Crippen LogP contribution is -2.14. The molecule has 0 spiro atoms.